The molecule has 1 amide bonds. The zero-order chi connectivity index (χ0) is 14.9. The van der Waals surface area contributed by atoms with Crippen LogP contribution in [-0.2, 0) is 22.4 Å². The highest BCUT2D eigenvalue weighted by Gasteiger charge is 2.27. The monoisotopic (exact) mass is 294 g/mol. The van der Waals surface area contributed by atoms with Gasteiger partial charge in [-0.15, -0.1) is 0 Å². The minimum absolute atomic E-state index is 0.0990. The third-order valence-electron chi connectivity index (χ3n) is 4.31. The van der Waals surface area contributed by atoms with Crippen molar-refractivity contribution in [2.45, 2.75) is 18.9 Å². The predicted octanol–water partition coefficient (Wildman–Crippen LogP) is 2.91. The Bertz CT molecular complexity index is 727. The normalized spacial score (nSPS) is 19.0. The van der Waals surface area contributed by atoms with Crippen molar-refractivity contribution in [3.8, 4) is 0 Å². The summed E-state index contributed by atoms with van der Waals surface area (Å²) in [4.78, 5) is 12.6. The van der Waals surface area contributed by atoms with E-state index in [0.717, 1.165) is 36.3 Å². The molecule has 0 aromatic heterocycles. The first kappa shape index (κ1) is 13.3. The molecule has 22 heavy (non-hydrogen) atoms. The average Bonchev–Trinajstić information content (AvgIpc) is 3.02. The maximum Gasteiger partial charge on any atom is 0.258 e. The van der Waals surface area contributed by atoms with Gasteiger partial charge in [-0.1, -0.05) is 24.3 Å². The van der Waals surface area contributed by atoms with E-state index >= 15 is 0 Å². The van der Waals surface area contributed by atoms with Gasteiger partial charge in [0.15, 0.2) is 6.10 Å². The van der Waals surface area contributed by atoms with Crippen LogP contribution in [0, 0.1) is 0 Å². The fourth-order valence-corrected chi connectivity index (χ4v) is 3.20. The van der Waals surface area contributed by atoms with Crippen LogP contribution >= 0.6 is 0 Å². The van der Waals surface area contributed by atoms with Crippen molar-refractivity contribution in [2.24, 2.45) is 0 Å². The van der Waals surface area contributed by atoms with Crippen molar-refractivity contribution in [1.82, 2.24) is 0 Å². The Morgan fingerprint density at radius 3 is 3.00 bits per heavy atom. The van der Waals surface area contributed by atoms with E-state index in [9.17, 15) is 4.79 Å². The second-order valence-electron chi connectivity index (χ2n) is 5.74. The molecule has 0 radical (unpaired) electrons. The van der Waals surface area contributed by atoms with E-state index in [1.165, 1.54) is 11.1 Å². The fourth-order valence-electron chi connectivity index (χ4n) is 3.20. The van der Waals surface area contributed by atoms with Gasteiger partial charge in [0.2, 0.25) is 0 Å². The molecule has 2 aromatic carbocycles. The van der Waals surface area contributed by atoms with E-state index in [1.54, 1.807) is 0 Å². The highest BCUT2D eigenvalue weighted by Crippen LogP contribution is 2.29. The number of hydrogen-bond acceptors (Lipinski definition) is 3. The highest BCUT2D eigenvalue weighted by molar-refractivity contribution is 5.95. The molecule has 0 spiro atoms. The van der Waals surface area contributed by atoms with Crippen molar-refractivity contribution in [3.63, 3.8) is 0 Å². The van der Waals surface area contributed by atoms with Crippen molar-refractivity contribution < 1.29 is 9.53 Å². The van der Waals surface area contributed by atoms with E-state index in [2.05, 4.69) is 16.7 Å². The predicted molar refractivity (Wildman–Crippen MR) is 86.1 cm³/mol. The number of amides is 1. The third-order valence-corrected chi connectivity index (χ3v) is 4.31. The second-order valence-corrected chi connectivity index (χ2v) is 5.74. The lowest BCUT2D eigenvalue weighted by molar-refractivity contribution is -0.128. The first-order valence-corrected chi connectivity index (χ1v) is 7.68. The van der Waals surface area contributed by atoms with Crippen LogP contribution in [0.25, 0.3) is 0 Å². The van der Waals surface area contributed by atoms with Gasteiger partial charge in [-0.2, -0.15) is 0 Å². The zero-order valence-corrected chi connectivity index (χ0v) is 12.3. The van der Waals surface area contributed by atoms with Crippen molar-refractivity contribution in [2.75, 3.05) is 23.8 Å². The Morgan fingerprint density at radius 2 is 2.05 bits per heavy atom. The van der Waals surface area contributed by atoms with Gasteiger partial charge in [0, 0.05) is 17.9 Å². The average molecular weight is 294 g/mol. The molecule has 2 aromatic rings. The minimum atomic E-state index is -0.517. The number of fused-ring (bicyclic) bond motifs is 2. The Kier molecular flexibility index (Phi) is 3.31. The van der Waals surface area contributed by atoms with Gasteiger partial charge in [0.25, 0.3) is 5.91 Å². The van der Waals surface area contributed by atoms with Crippen LogP contribution in [0.15, 0.2) is 42.5 Å². The first-order chi connectivity index (χ1) is 10.8. The quantitative estimate of drug-likeness (QED) is 0.895. The van der Waals surface area contributed by atoms with Gasteiger partial charge in [-0.3, -0.25) is 4.79 Å². The maximum atomic E-state index is 12.6. The van der Waals surface area contributed by atoms with Crippen molar-refractivity contribution in [3.05, 3.63) is 59.2 Å². The maximum absolute atomic E-state index is 12.6. The van der Waals surface area contributed by atoms with E-state index in [4.69, 9.17) is 4.74 Å². The van der Waals surface area contributed by atoms with Gasteiger partial charge >= 0.3 is 0 Å². The molecule has 0 fully saturated rings. The summed E-state index contributed by atoms with van der Waals surface area (Å²) in [6.45, 7) is 1.55. The number of benzene rings is 2. The molecule has 0 saturated carbocycles. The van der Waals surface area contributed by atoms with Crippen LogP contribution in [0.5, 0.6) is 0 Å². The highest BCUT2D eigenvalue weighted by atomic mass is 16.5. The molecule has 1 atom stereocenters. The summed E-state index contributed by atoms with van der Waals surface area (Å²) in [6, 6.07) is 14.0. The summed E-state index contributed by atoms with van der Waals surface area (Å²) in [6.07, 6.45) is 1.35. The van der Waals surface area contributed by atoms with Crippen LogP contribution in [-0.4, -0.2) is 19.1 Å². The summed E-state index contributed by atoms with van der Waals surface area (Å²) in [5.74, 6) is -0.0990. The Labute approximate surface area is 129 Å². The summed E-state index contributed by atoms with van der Waals surface area (Å²) in [5.41, 5.74) is 5.43. The Hall–Kier alpha value is -2.33. The summed E-state index contributed by atoms with van der Waals surface area (Å²) in [5, 5.41) is 6.31. The molecular formula is C18H18N2O2. The standard InChI is InChI=1S/C18H18N2O2/c21-18(17-15-4-2-1-3-12(15)8-10-22-17)20-14-5-6-16-13(11-14)7-9-19-16/h1-6,11,17,19H,7-10H2,(H,20,21). The van der Waals surface area contributed by atoms with Crippen LogP contribution in [0.2, 0.25) is 0 Å². The molecule has 0 aliphatic carbocycles. The van der Waals surface area contributed by atoms with Crippen LogP contribution in [0.4, 0.5) is 11.4 Å². The summed E-state index contributed by atoms with van der Waals surface area (Å²) < 4.78 is 5.71. The smallest absolute Gasteiger partial charge is 0.258 e. The number of anilines is 2. The zero-order valence-electron chi connectivity index (χ0n) is 12.3. The Balaban J connectivity index is 1.56. The number of hydrogen-bond donors (Lipinski definition) is 2. The minimum Gasteiger partial charge on any atom is -0.384 e. The van der Waals surface area contributed by atoms with E-state index in [1.807, 2.05) is 36.4 Å². The lowest BCUT2D eigenvalue weighted by Crippen LogP contribution is -2.28. The molecular weight excluding hydrogens is 276 g/mol. The van der Waals surface area contributed by atoms with Gasteiger partial charge in [-0.25, -0.2) is 0 Å². The number of carbonyl (C=O) groups is 1. The first-order valence-electron chi connectivity index (χ1n) is 7.68. The van der Waals surface area contributed by atoms with Gasteiger partial charge in [-0.05, 0) is 47.7 Å². The summed E-state index contributed by atoms with van der Waals surface area (Å²) >= 11 is 0. The van der Waals surface area contributed by atoms with E-state index in [-0.39, 0.29) is 5.91 Å². The lowest BCUT2D eigenvalue weighted by Gasteiger charge is -2.25. The third kappa shape index (κ3) is 2.35. The molecule has 4 heteroatoms. The van der Waals surface area contributed by atoms with Crippen molar-refractivity contribution >= 4 is 17.3 Å². The van der Waals surface area contributed by atoms with Gasteiger partial charge in [0.05, 0.1) is 6.61 Å². The molecule has 4 rings (SSSR count). The van der Waals surface area contributed by atoms with Crippen LogP contribution in [0.3, 0.4) is 0 Å². The molecule has 2 aliphatic rings. The molecule has 0 saturated heterocycles. The number of ether oxygens (including phenoxy) is 1. The molecule has 2 heterocycles. The molecule has 1 unspecified atom stereocenters. The lowest BCUT2D eigenvalue weighted by atomic mass is 9.97. The molecule has 2 N–H and O–H groups in total. The molecule has 112 valence electrons. The number of nitrogens with one attached hydrogen (secondary N) is 2. The largest absolute Gasteiger partial charge is 0.384 e. The SMILES string of the molecule is O=C(Nc1ccc2c(c1)CCN2)C1OCCc2ccccc21. The number of rotatable bonds is 2. The van der Waals surface area contributed by atoms with Gasteiger partial charge in [0.1, 0.15) is 0 Å². The topological polar surface area (TPSA) is 50.4 Å². The van der Waals surface area contributed by atoms with E-state index in [0.29, 0.717) is 6.61 Å². The van der Waals surface area contributed by atoms with Crippen LogP contribution < -0.4 is 10.6 Å². The summed E-state index contributed by atoms with van der Waals surface area (Å²) in [7, 11) is 0. The van der Waals surface area contributed by atoms with E-state index < -0.39 is 6.10 Å². The van der Waals surface area contributed by atoms with Crippen LogP contribution in [0.1, 0.15) is 22.8 Å². The second kappa shape index (κ2) is 5.46. The molecule has 2 aliphatic heterocycles. The van der Waals surface area contributed by atoms with Gasteiger partial charge < -0.3 is 15.4 Å². The van der Waals surface area contributed by atoms with Crippen molar-refractivity contribution in [1.29, 1.82) is 0 Å². The fraction of sp³-hybridized carbons (Fsp3) is 0.278. The Morgan fingerprint density at radius 1 is 1.14 bits per heavy atom. The molecule has 0 bridgehead atoms. The number of carbonyl (C=O) groups excluding carboxylic acids is 1. The molecule has 4 nitrogen and oxygen atoms in total.